The largest absolute Gasteiger partial charge is 0.574 e. The zero-order valence-electron chi connectivity index (χ0n) is 7.68. The van der Waals surface area contributed by atoms with E-state index in [1.54, 1.807) is 22.6 Å². The highest BCUT2D eigenvalue weighted by Crippen LogP contribution is 2.27. The Kier molecular flexibility index (Phi) is 4.30. The molecule has 0 radical (unpaired) electrons. The van der Waals surface area contributed by atoms with E-state index in [4.69, 9.17) is 5.11 Å². The van der Waals surface area contributed by atoms with Gasteiger partial charge in [0.2, 0.25) is 5.88 Å². The van der Waals surface area contributed by atoms with Gasteiger partial charge in [0.25, 0.3) is 0 Å². The molecule has 8 heteroatoms. The highest BCUT2D eigenvalue weighted by molar-refractivity contribution is 14.1. The maximum absolute atomic E-state index is 12.4. The molecule has 0 fully saturated rings. The number of hydrogen-bond donors (Lipinski definition) is 1. The molecule has 1 N–H and O–H groups in total. The molecule has 1 aromatic rings. The summed E-state index contributed by atoms with van der Waals surface area (Å²) in [4.78, 5) is 3.41. The number of hydrogen-bond acceptors (Lipinski definition) is 3. The molecule has 0 aliphatic carbocycles. The van der Waals surface area contributed by atoms with Crippen LogP contribution < -0.4 is 4.74 Å². The first kappa shape index (κ1) is 13.4. The lowest BCUT2D eigenvalue weighted by atomic mass is 10.2. The molecule has 1 aromatic heterocycles. The molecule has 90 valence electrons. The maximum atomic E-state index is 12.4. The number of alkyl halides is 4. The summed E-state index contributed by atoms with van der Waals surface area (Å²) in [5.74, 6) is -0.862. The zero-order valence-corrected chi connectivity index (χ0v) is 9.84. The Balaban J connectivity index is 3.15. The predicted octanol–water partition coefficient (Wildman–Crippen LogP) is 2.55. The van der Waals surface area contributed by atoms with Gasteiger partial charge in [-0.25, -0.2) is 9.37 Å². The fraction of sp³-hybridized carbons (Fsp3) is 0.375. The molecule has 1 rings (SSSR count). The van der Waals surface area contributed by atoms with Crippen molar-refractivity contribution in [2.75, 3.05) is 0 Å². The quantitative estimate of drug-likeness (QED) is 0.673. The standard InChI is InChI=1S/C8H6F4INO2/c9-2-4-1-5(13)6(3-15)14-7(4)16-8(10,11)12/h1,15H,2-3H2. The number of rotatable bonds is 3. The van der Waals surface area contributed by atoms with Gasteiger partial charge in [0.1, 0.15) is 6.67 Å². The monoisotopic (exact) mass is 351 g/mol. The summed E-state index contributed by atoms with van der Waals surface area (Å²) >= 11 is 1.74. The van der Waals surface area contributed by atoms with Crippen molar-refractivity contribution in [1.29, 1.82) is 0 Å². The van der Waals surface area contributed by atoms with E-state index in [-0.39, 0.29) is 11.3 Å². The molecule has 0 aliphatic heterocycles. The highest BCUT2D eigenvalue weighted by atomic mass is 127. The Morgan fingerprint density at radius 2 is 2.06 bits per heavy atom. The average molecular weight is 351 g/mol. The molecule has 0 aliphatic rings. The summed E-state index contributed by atoms with van der Waals surface area (Å²) in [6.07, 6.45) is -4.93. The van der Waals surface area contributed by atoms with Crippen molar-refractivity contribution >= 4 is 22.6 Å². The van der Waals surface area contributed by atoms with Gasteiger partial charge in [-0.15, -0.1) is 13.2 Å². The van der Waals surface area contributed by atoms with Crippen molar-refractivity contribution in [1.82, 2.24) is 4.98 Å². The number of nitrogens with zero attached hydrogens (tertiary/aromatic N) is 1. The van der Waals surface area contributed by atoms with Crippen LogP contribution >= 0.6 is 22.6 Å². The predicted molar refractivity (Wildman–Crippen MR) is 54.4 cm³/mol. The lowest BCUT2D eigenvalue weighted by Crippen LogP contribution is -2.19. The fourth-order valence-corrected chi connectivity index (χ4v) is 1.62. The van der Waals surface area contributed by atoms with Gasteiger partial charge in [0.05, 0.1) is 12.3 Å². The third-order valence-corrected chi connectivity index (χ3v) is 2.53. The van der Waals surface area contributed by atoms with Crippen LogP contribution in [0, 0.1) is 3.57 Å². The van der Waals surface area contributed by atoms with Crippen molar-refractivity contribution in [3.63, 3.8) is 0 Å². The summed E-state index contributed by atoms with van der Waals surface area (Å²) < 4.78 is 52.2. The van der Waals surface area contributed by atoms with Crippen LogP contribution in [-0.4, -0.2) is 16.5 Å². The summed E-state index contributed by atoms with van der Waals surface area (Å²) in [5.41, 5.74) is -0.295. The van der Waals surface area contributed by atoms with E-state index < -0.39 is 25.5 Å². The molecular formula is C8H6F4INO2. The number of aromatic nitrogens is 1. The van der Waals surface area contributed by atoms with Gasteiger partial charge < -0.3 is 9.84 Å². The molecule has 0 saturated heterocycles. The third-order valence-electron chi connectivity index (χ3n) is 1.59. The van der Waals surface area contributed by atoms with Gasteiger partial charge in [0.15, 0.2) is 0 Å². The number of pyridine rings is 1. The van der Waals surface area contributed by atoms with E-state index in [0.29, 0.717) is 3.57 Å². The first-order valence-electron chi connectivity index (χ1n) is 3.98. The van der Waals surface area contributed by atoms with Gasteiger partial charge in [-0.2, -0.15) is 0 Å². The normalized spacial score (nSPS) is 11.6. The second-order valence-corrected chi connectivity index (χ2v) is 3.88. The van der Waals surface area contributed by atoms with E-state index in [0.717, 1.165) is 6.07 Å². The second-order valence-electron chi connectivity index (χ2n) is 2.72. The summed E-state index contributed by atoms with van der Waals surface area (Å²) in [6, 6.07) is 1.15. The fourth-order valence-electron chi connectivity index (χ4n) is 0.950. The Labute approximate surface area is 102 Å². The van der Waals surface area contributed by atoms with Crippen LogP contribution in [0.1, 0.15) is 11.3 Å². The minimum absolute atomic E-state index is 0.0112. The van der Waals surface area contributed by atoms with Crippen LogP contribution in [0.5, 0.6) is 5.88 Å². The van der Waals surface area contributed by atoms with Crippen LogP contribution in [-0.2, 0) is 13.3 Å². The minimum atomic E-state index is -4.93. The molecule has 0 bridgehead atoms. The molecule has 3 nitrogen and oxygen atoms in total. The van der Waals surface area contributed by atoms with Crippen molar-refractivity contribution in [2.45, 2.75) is 19.6 Å². The maximum Gasteiger partial charge on any atom is 0.574 e. The van der Waals surface area contributed by atoms with Crippen molar-refractivity contribution in [3.8, 4) is 5.88 Å². The highest BCUT2D eigenvalue weighted by Gasteiger charge is 2.33. The van der Waals surface area contributed by atoms with Gasteiger partial charge >= 0.3 is 6.36 Å². The van der Waals surface area contributed by atoms with E-state index in [1.807, 2.05) is 0 Å². The van der Waals surface area contributed by atoms with Crippen molar-refractivity contribution < 1.29 is 27.4 Å². The average Bonchev–Trinajstić information content (AvgIpc) is 2.18. The molecule has 0 atom stereocenters. The Morgan fingerprint density at radius 3 is 2.50 bits per heavy atom. The zero-order chi connectivity index (χ0) is 12.3. The van der Waals surface area contributed by atoms with E-state index >= 15 is 0 Å². The van der Waals surface area contributed by atoms with Crippen LogP contribution in [0.2, 0.25) is 0 Å². The lowest BCUT2D eigenvalue weighted by Gasteiger charge is -2.12. The molecule has 0 amide bonds. The topological polar surface area (TPSA) is 42.4 Å². The Morgan fingerprint density at radius 1 is 1.44 bits per heavy atom. The van der Waals surface area contributed by atoms with Crippen molar-refractivity contribution in [2.24, 2.45) is 0 Å². The van der Waals surface area contributed by atoms with Crippen LogP contribution in [0.3, 0.4) is 0 Å². The Bertz CT molecular complexity index is 383. The van der Waals surface area contributed by atoms with Crippen LogP contribution in [0.4, 0.5) is 17.6 Å². The molecule has 0 spiro atoms. The molecular weight excluding hydrogens is 345 g/mol. The first-order valence-corrected chi connectivity index (χ1v) is 5.06. The van der Waals surface area contributed by atoms with E-state index in [9.17, 15) is 17.6 Å². The number of ether oxygens (including phenoxy) is 1. The van der Waals surface area contributed by atoms with Gasteiger partial charge in [0, 0.05) is 9.13 Å². The summed E-state index contributed by atoms with van der Waals surface area (Å²) in [7, 11) is 0. The van der Waals surface area contributed by atoms with Gasteiger partial charge in [-0.3, -0.25) is 0 Å². The number of aliphatic hydroxyl groups is 1. The Hall–Kier alpha value is -0.640. The minimum Gasteiger partial charge on any atom is -0.390 e. The van der Waals surface area contributed by atoms with Gasteiger partial charge in [-0.1, -0.05) is 0 Å². The van der Waals surface area contributed by atoms with Crippen molar-refractivity contribution in [3.05, 3.63) is 20.9 Å². The number of halogens is 5. The van der Waals surface area contributed by atoms with Crippen LogP contribution in [0.25, 0.3) is 0 Å². The molecule has 16 heavy (non-hydrogen) atoms. The third kappa shape index (κ3) is 3.44. The van der Waals surface area contributed by atoms with E-state index in [1.165, 1.54) is 0 Å². The first-order chi connectivity index (χ1) is 7.37. The molecule has 1 heterocycles. The smallest absolute Gasteiger partial charge is 0.390 e. The number of aliphatic hydroxyl groups excluding tert-OH is 1. The summed E-state index contributed by atoms with van der Waals surface area (Å²) in [5, 5.41) is 8.81. The van der Waals surface area contributed by atoms with E-state index in [2.05, 4.69) is 9.72 Å². The lowest BCUT2D eigenvalue weighted by molar-refractivity contribution is -0.276. The van der Waals surface area contributed by atoms with Crippen LogP contribution in [0.15, 0.2) is 6.07 Å². The molecule has 0 aromatic carbocycles. The molecule has 0 saturated carbocycles. The molecule has 0 unspecified atom stereocenters. The van der Waals surface area contributed by atoms with Gasteiger partial charge in [-0.05, 0) is 28.7 Å². The second kappa shape index (κ2) is 5.13. The summed E-state index contributed by atoms with van der Waals surface area (Å²) in [6.45, 7) is -1.67. The SMILES string of the molecule is OCc1nc(OC(F)(F)F)c(CF)cc1I.